The summed E-state index contributed by atoms with van der Waals surface area (Å²) < 4.78 is 5.15. The zero-order valence-corrected chi connectivity index (χ0v) is 14.8. The first kappa shape index (κ1) is 17.4. The molecule has 124 valence electrons. The van der Waals surface area contributed by atoms with Crippen LogP contribution in [0.4, 0.5) is 10.5 Å². The van der Waals surface area contributed by atoms with Crippen LogP contribution in [0, 0.1) is 13.8 Å². The maximum absolute atomic E-state index is 12.1. The van der Waals surface area contributed by atoms with Gasteiger partial charge in [-0.15, -0.1) is 0 Å². The number of aromatic nitrogens is 1. The SMILES string of the molecule is CSCc1cccc(NC(=O)N[C@H](C)Cc2c(C)noc2C)c1. The van der Waals surface area contributed by atoms with Crippen molar-refractivity contribution >= 4 is 23.5 Å². The number of nitrogens with zero attached hydrogens (tertiary/aromatic N) is 1. The van der Waals surface area contributed by atoms with Gasteiger partial charge < -0.3 is 15.2 Å². The summed E-state index contributed by atoms with van der Waals surface area (Å²) in [6.07, 6.45) is 2.75. The summed E-state index contributed by atoms with van der Waals surface area (Å²) in [5, 5.41) is 9.77. The molecule has 2 amide bonds. The van der Waals surface area contributed by atoms with Gasteiger partial charge in [0, 0.05) is 23.0 Å². The molecule has 0 saturated heterocycles. The van der Waals surface area contributed by atoms with Crippen molar-refractivity contribution in [3.63, 3.8) is 0 Å². The van der Waals surface area contributed by atoms with E-state index in [1.807, 2.05) is 39.0 Å². The van der Waals surface area contributed by atoms with Crippen LogP contribution in [0.2, 0.25) is 0 Å². The van der Waals surface area contributed by atoms with Crippen LogP contribution in [-0.2, 0) is 12.2 Å². The van der Waals surface area contributed by atoms with E-state index in [-0.39, 0.29) is 12.1 Å². The Labute approximate surface area is 141 Å². The highest BCUT2D eigenvalue weighted by Gasteiger charge is 2.14. The Morgan fingerprint density at radius 1 is 1.39 bits per heavy atom. The molecule has 2 rings (SSSR count). The van der Waals surface area contributed by atoms with E-state index in [1.54, 1.807) is 11.8 Å². The van der Waals surface area contributed by atoms with Crippen LogP contribution in [0.3, 0.4) is 0 Å². The average molecular weight is 333 g/mol. The first-order valence-electron chi connectivity index (χ1n) is 7.56. The lowest BCUT2D eigenvalue weighted by atomic mass is 10.1. The Balaban J connectivity index is 1.90. The summed E-state index contributed by atoms with van der Waals surface area (Å²) in [5.41, 5.74) is 3.93. The van der Waals surface area contributed by atoms with Crippen molar-refractivity contribution in [1.29, 1.82) is 0 Å². The summed E-state index contributed by atoms with van der Waals surface area (Å²) in [5.74, 6) is 1.74. The quantitative estimate of drug-likeness (QED) is 0.841. The molecule has 1 aromatic heterocycles. The van der Waals surface area contributed by atoms with Gasteiger partial charge in [-0.2, -0.15) is 11.8 Å². The summed E-state index contributed by atoms with van der Waals surface area (Å²) in [4.78, 5) is 12.1. The lowest BCUT2D eigenvalue weighted by Gasteiger charge is -2.15. The molecule has 1 atom stereocenters. The zero-order valence-electron chi connectivity index (χ0n) is 14.0. The molecular formula is C17H23N3O2S. The van der Waals surface area contributed by atoms with E-state index >= 15 is 0 Å². The monoisotopic (exact) mass is 333 g/mol. The Kier molecular flexibility index (Phi) is 6.10. The molecule has 0 radical (unpaired) electrons. The molecule has 1 heterocycles. The highest BCUT2D eigenvalue weighted by Crippen LogP contribution is 2.16. The number of benzene rings is 1. The van der Waals surface area contributed by atoms with Gasteiger partial charge in [-0.1, -0.05) is 17.3 Å². The second kappa shape index (κ2) is 8.06. The molecule has 0 spiro atoms. The van der Waals surface area contributed by atoms with E-state index in [0.717, 1.165) is 28.5 Å². The van der Waals surface area contributed by atoms with Crippen molar-refractivity contribution < 1.29 is 9.32 Å². The van der Waals surface area contributed by atoms with E-state index in [4.69, 9.17) is 4.52 Å². The summed E-state index contributed by atoms with van der Waals surface area (Å²) in [7, 11) is 0. The first-order chi connectivity index (χ1) is 11.0. The van der Waals surface area contributed by atoms with Crippen LogP contribution >= 0.6 is 11.8 Å². The van der Waals surface area contributed by atoms with E-state index in [2.05, 4.69) is 28.1 Å². The number of amides is 2. The number of anilines is 1. The van der Waals surface area contributed by atoms with Crippen LogP contribution < -0.4 is 10.6 Å². The maximum Gasteiger partial charge on any atom is 0.319 e. The predicted octanol–water partition coefficient (Wildman–Crippen LogP) is 3.91. The Bertz CT molecular complexity index is 650. The predicted molar refractivity (Wildman–Crippen MR) is 95.0 cm³/mol. The van der Waals surface area contributed by atoms with Gasteiger partial charge in [0.05, 0.1) is 5.69 Å². The minimum Gasteiger partial charge on any atom is -0.361 e. The second-order valence-electron chi connectivity index (χ2n) is 5.64. The van der Waals surface area contributed by atoms with Crippen LogP contribution in [0.15, 0.2) is 28.8 Å². The molecule has 0 aliphatic heterocycles. The van der Waals surface area contributed by atoms with E-state index < -0.39 is 0 Å². The van der Waals surface area contributed by atoms with Crippen LogP contribution in [-0.4, -0.2) is 23.5 Å². The Morgan fingerprint density at radius 3 is 2.83 bits per heavy atom. The molecule has 0 bridgehead atoms. The molecule has 2 aromatic rings. The summed E-state index contributed by atoms with van der Waals surface area (Å²) in [6.45, 7) is 5.77. The van der Waals surface area contributed by atoms with Crippen molar-refractivity contribution in [2.24, 2.45) is 0 Å². The topological polar surface area (TPSA) is 67.2 Å². The molecule has 23 heavy (non-hydrogen) atoms. The number of rotatable bonds is 6. The lowest BCUT2D eigenvalue weighted by molar-refractivity contribution is 0.249. The number of carbonyl (C=O) groups excluding carboxylic acids is 1. The fraction of sp³-hybridized carbons (Fsp3) is 0.412. The number of urea groups is 1. The largest absolute Gasteiger partial charge is 0.361 e. The van der Waals surface area contributed by atoms with Gasteiger partial charge in [-0.05, 0) is 51.1 Å². The summed E-state index contributed by atoms with van der Waals surface area (Å²) >= 11 is 1.75. The minimum atomic E-state index is -0.203. The molecule has 6 heteroatoms. The van der Waals surface area contributed by atoms with Crippen molar-refractivity contribution in [3.8, 4) is 0 Å². The molecule has 0 unspecified atom stereocenters. The lowest BCUT2D eigenvalue weighted by Crippen LogP contribution is -2.37. The second-order valence-corrected chi connectivity index (χ2v) is 6.51. The Morgan fingerprint density at radius 2 is 2.17 bits per heavy atom. The van der Waals surface area contributed by atoms with E-state index in [0.29, 0.717) is 6.42 Å². The Hall–Kier alpha value is -1.95. The van der Waals surface area contributed by atoms with Crippen LogP contribution in [0.1, 0.15) is 29.5 Å². The van der Waals surface area contributed by atoms with Gasteiger partial charge in [0.2, 0.25) is 0 Å². The van der Waals surface area contributed by atoms with Gasteiger partial charge in [0.1, 0.15) is 5.76 Å². The maximum atomic E-state index is 12.1. The van der Waals surface area contributed by atoms with Crippen molar-refractivity contribution in [2.75, 3.05) is 11.6 Å². The highest BCUT2D eigenvalue weighted by molar-refractivity contribution is 7.97. The van der Waals surface area contributed by atoms with E-state index in [1.165, 1.54) is 5.56 Å². The first-order valence-corrected chi connectivity index (χ1v) is 8.96. The number of carbonyl (C=O) groups is 1. The third kappa shape index (κ3) is 5.03. The molecule has 0 aliphatic rings. The third-order valence-electron chi connectivity index (χ3n) is 3.56. The number of hydrogen-bond acceptors (Lipinski definition) is 4. The van der Waals surface area contributed by atoms with Crippen molar-refractivity contribution in [2.45, 2.75) is 39.0 Å². The number of aryl methyl sites for hydroxylation is 2. The normalized spacial score (nSPS) is 12.0. The smallest absolute Gasteiger partial charge is 0.319 e. The van der Waals surface area contributed by atoms with Crippen molar-refractivity contribution in [1.82, 2.24) is 10.5 Å². The fourth-order valence-corrected chi connectivity index (χ4v) is 2.96. The van der Waals surface area contributed by atoms with Crippen LogP contribution in [0.25, 0.3) is 0 Å². The molecule has 0 aliphatic carbocycles. The molecule has 1 aromatic carbocycles. The molecule has 2 N–H and O–H groups in total. The van der Waals surface area contributed by atoms with Gasteiger partial charge in [-0.3, -0.25) is 0 Å². The van der Waals surface area contributed by atoms with Gasteiger partial charge in [0.15, 0.2) is 0 Å². The van der Waals surface area contributed by atoms with Gasteiger partial charge in [-0.25, -0.2) is 4.79 Å². The third-order valence-corrected chi connectivity index (χ3v) is 4.19. The number of hydrogen-bond donors (Lipinski definition) is 2. The molecule has 0 fully saturated rings. The number of nitrogens with one attached hydrogen (secondary N) is 2. The molecule has 5 nitrogen and oxygen atoms in total. The zero-order chi connectivity index (χ0) is 16.8. The fourth-order valence-electron chi connectivity index (χ4n) is 2.45. The van der Waals surface area contributed by atoms with Crippen molar-refractivity contribution in [3.05, 3.63) is 46.8 Å². The van der Waals surface area contributed by atoms with E-state index in [9.17, 15) is 4.79 Å². The van der Waals surface area contributed by atoms with Gasteiger partial charge >= 0.3 is 6.03 Å². The van der Waals surface area contributed by atoms with Crippen LogP contribution in [0.5, 0.6) is 0 Å². The standard InChI is InChI=1S/C17H23N3O2S/c1-11(8-16-12(2)20-22-13(16)3)18-17(21)19-15-7-5-6-14(9-15)10-23-4/h5-7,9,11H,8,10H2,1-4H3,(H2,18,19,21)/t11-/m1/s1. The minimum absolute atomic E-state index is 0.0128. The average Bonchev–Trinajstić information content (AvgIpc) is 2.79. The molecule has 0 saturated carbocycles. The van der Waals surface area contributed by atoms with Gasteiger partial charge in [0.25, 0.3) is 0 Å². The molecular weight excluding hydrogens is 310 g/mol. The highest BCUT2D eigenvalue weighted by atomic mass is 32.2. The summed E-state index contributed by atoms with van der Waals surface area (Å²) in [6, 6.07) is 7.68. The number of thioether (sulfide) groups is 1.